The summed E-state index contributed by atoms with van der Waals surface area (Å²) in [4.78, 5) is 0. The minimum atomic E-state index is -0.853. The monoisotopic (exact) mass is 252 g/mol. The molecule has 2 rings (SSSR count). The lowest BCUT2D eigenvalue weighted by Crippen LogP contribution is -2.03. The molecule has 1 nitrogen and oxygen atoms in total. The van der Waals surface area contributed by atoms with Crippen LogP contribution in [0.25, 0.3) is 5.47 Å². The van der Waals surface area contributed by atoms with Crippen LogP contribution in [0.5, 0.6) is 0 Å². The Labute approximate surface area is 104 Å². The van der Waals surface area contributed by atoms with Crippen molar-refractivity contribution < 1.29 is 17.9 Å². The fraction of sp³-hybridized carbons (Fsp3) is 0.231. The molecule has 0 atom stereocenters. The zero-order valence-electron chi connectivity index (χ0n) is 9.76. The first-order valence-electron chi connectivity index (χ1n) is 5.62. The van der Waals surface area contributed by atoms with Crippen LogP contribution in [0.3, 0.4) is 0 Å². The van der Waals surface area contributed by atoms with Gasteiger partial charge in [0.2, 0.25) is 0 Å². The Morgan fingerprint density at radius 2 is 1.67 bits per heavy atom. The summed E-state index contributed by atoms with van der Waals surface area (Å²) >= 11 is 0. The first-order valence-corrected chi connectivity index (χ1v) is 5.62. The van der Waals surface area contributed by atoms with E-state index in [1.807, 2.05) is 5.98 Å². The molecule has 0 aliphatic carbocycles. The third-order valence-corrected chi connectivity index (χ3v) is 2.95. The lowest BCUT2D eigenvalue weighted by atomic mass is 9.66. The predicted molar refractivity (Wildman–Crippen MR) is 66.2 cm³/mol. The van der Waals surface area contributed by atoms with Crippen molar-refractivity contribution in [3.05, 3.63) is 52.9 Å². The zero-order chi connectivity index (χ0) is 13.0. The molecule has 1 aliphatic heterocycles. The Bertz CT molecular complexity index is 472. The van der Waals surface area contributed by atoms with Crippen LogP contribution in [0.2, 0.25) is 0 Å². The van der Waals surface area contributed by atoms with Gasteiger partial charge in [-0.3, -0.25) is 0 Å². The molecule has 0 saturated carbocycles. The maximum Gasteiger partial charge on any atom is 0.191 e. The largest absolute Gasteiger partial charge is 0.474 e. The molecule has 0 N–H and O–H groups in total. The molecule has 1 aromatic rings. The highest BCUT2D eigenvalue weighted by atomic mass is 19.1. The topological polar surface area (TPSA) is 9.23 Å². The highest BCUT2D eigenvalue weighted by molar-refractivity contribution is 6.65. The maximum atomic E-state index is 12.9. The summed E-state index contributed by atoms with van der Waals surface area (Å²) in [6.07, 6.45) is 3.08. The Morgan fingerprint density at radius 3 is 2.11 bits per heavy atom. The van der Waals surface area contributed by atoms with Crippen LogP contribution in [0.15, 0.2) is 30.6 Å². The zero-order valence-corrected chi connectivity index (χ0v) is 9.76. The second-order valence-electron chi connectivity index (χ2n) is 4.03. The number of benzene rings is 1. The van der Waals surface area contributed by atoms with Crippen LogP contribution in [0.4, 0.5) is 13.2 Å². The Kier molecular flexibility index (Phi) is 4.13. The van der Waals surface area contributed by atoms with E-state index in [4.69, 9.17) is 4.74 Å². The van der Waals surface area contributed by atoms with E-state index in [0.29, 0.717) is 12.8 Å². The van der Waals surface area contributed by atoms with Gasteiger partial charge in [0, 0.05) is 0 Å². The van der Waals surface area contributed by atoms with Gasteiger partial charge in [-0.15, -0.1) is 0 Å². The number of rotatable bonds is 4. The number of alkyl halides is 3. The first kappa shape index (κ1) is 12.8. The molecule has 1 aliphatic rings. The molecular weight excluding hydrogens is 240 g/mol. The fourth-order valence-electron chi connectivity index (χ4n) is 1.98. The van der Waals surface area contributed by atoms with Gasteiger partial charge in [-0.05, 0) is 39.9 Å². The van der Waals surface area contributed by atoms with Crippen molar-refractivity contribution in [2.45, 2.75) is 20.0 Å². The van der Waals surface area contributed by atoms with Crippen LogP contribution in [-0.2, 0) is 24.8 Å². The summed E-state index contributed by atoms with van der Waals surface area (Å²) in [5, 5.41) is 0. The van der Waals surface area contributed by atoms with Crippen molar-refractivity contribution >= 4 is 12.8 Å². The quantitative estimate of drug-likeness (QED) is 0.747. The molecule has 94 valence electrons. The van der Waals surface area contributed by atoms with E-state index in [-0.39, 0.29) is 16.7 Å². The molecule has 18 heavy (non-hydrogen) atoms. The Hall–Kier alpha value is -1.65. The molecule has 5 heteroatoms. The summed E-state index contributed by atoms with van der Waals surface area (Å²) in [6, 6.07) is 3.12. The molecular formula is C13H12BF3O. The summed E-state index contributed by atoms with van der Waals surface area (Å²) in [5.41, 5.74) is 2.04. The number of halogens is 3. The van der Waals surface area contributed by atoms with Crippen molar-refractivity contribution in [2.75, 3.05) is 0 Å². The van der Waals surface area contributed by atoms with Gasteiger partial charge in [0.25, 0.3) is 0 Å². The van der Waals surface area contributed by atoms with Gasteiger partial charge in [-0.1, -0.05) is 5.98 Å². The van der Waals surface area contributed by atoms with Crippen LogP contribution in [0.1, 0.15) is 22.3 Å². The lowest BCUT2D eigenvalue weighted by molar-refractivity contribution is 0.404. The minimum absolute atomic E-state index is 0.122. The van der Waals surface area contributed by atoms with Gasteiger partial charge < -0.3 is 4.74 Å². The molecule has 0 radical (unpaired) electrons. The molecule has 0 unspecified atom stereocenters. The standard InChI is InChI=1S/C13H12BF3O/c15-5-10-3-9(13-8-18-2-1-14-13)4-11(6-16)12(10)7-17/h1-4,8,14H,5-7H2. The summed E-state index contributed by atoms with van der Waals surface area (Å²) in [7, 11) is 0.631. The van der Waals surface area contributed by atoms with E-state index in [1.54, 1.807) is 18.4 Å². The Balaban J connectivity index is 2.46. The van der Waals surface area contributed by atoms with Gasteiger partial charge in [0.1, 0.15) is 20.0 Å². The van der Waals surface area contributed by atoms with Gasteiger partial charge in [0.15, 0.2) is 7.28 Å². The minimum Gasteiger partial charge on any atom is -0.474 e. The van der Waals surface area contributed by atoms with Crippen molar-refractivity contribution in [3.8, 4) is 0 Å². The molecule has 0 saturated heterocycles. The van der Waals surface area contributed by atoms with E-state index >= 15 is 0 Å². The lowest BCUT2D eigenvalue weighted by Gasteiger charge is -2.14. The number of hydrogen-bond donors (Lipinski definition) is 0. The SMILES string of the molecule is FCc1cc(C2=COC=CB2)cc(CF)c1CF. The van der Waals surface area contributed by atoms with Crippen LogP contribution < -0.4 is 0 Å². The molecule has 0 fully saturated rings. The number of hydrogen-bond acceptors (Lipinski definition) is 1. The van der Waals surface area contributed by atoms with Crippen molar-refractivity contribution in [2.24, 2.45) is 0 Å². The van der Waals surface area contributed by atoms with E-state index in [0.717, 1.165) is 5.47 Å². The summed E-state index contributed by atoms with van der Waals surface area (Å²) < 4.78 is 43.6. The van der Waals surface area contributed by atoms with Crippen LogP contribution >= 0.6 is 0 Å². The van der Waals surface area contributed by atoms with Crippen molar-refractivity contribution in [1.29, 1.82) is 0 Å². The Morgan fingerprint density at radius 1 is 1.00 bits per heavy atom. The third-order valence-electron chi connectivity index (χ3n) is 2.95. The second kappa shape index (κ2) is 5.80. The third kappa shape index (κ3) is 2.45. The molecule has 0 spiro atoms. The fourth-order valence-corrected chi connectivity index (χ4v) is 1.98. The first-order chi connectivity index (χ1) is 8.80. The van der Waals surface area contributed by atoms with Gasteiger partial charge in [-0.2, -0.15) is 0 Å². The van der Waals surface area contributed by atoms with Crippen LogP contribution in [-0.4, -0.2) is 7.28 Å². The van der Waals surface area contributed by atoms with E-state index in [2.05, 4.69) is 0 Å². The summed E-state index contributed by atoms with van der Waals surface area (Å²) in [5.74, 6) is 1.81. The average molecular weight is 252 g/mol. The number of ether oxygens (including phenoxy) is 1. The maximum absolute atomic E-state index is 12.9. The molecule has 0 bridgehead atoms. The average Bonchev–Trinajstić information content (AvgIpc) is 2.46. The van der Waals surface area contributed by atoms with Crippen LogP contribution in [0, 0.1) is 0 Å². The van der Waals surface area contributed by atoms with Gasteiger partial charge >= 0.3 is 0 Å². The molecule has 1 heterocycles. The van der Waals surface area contributed by atoms with E-state index in [1.165, 1.54) is 6.26 Å². The molecule has 1 aromatic carbocycles. The smallest absolute Gasteiger partial charge is 0.191 e. The van der Waals surface area contributed by atoms with E-state index < -0.39 is 20.0 Å². The molecule has 0 aromatic heterocycles. The normalized spacial score (nSPS) is 13.8. The summed E-state index contributed by atoms with van der Waals surface area (Å²) in [6.45, 7) is -2.46. The van der Waals surface area contributed by atoms with Crippen molar-refractivity contribution in [3.63, 3.8) is 0 Å². The predicted octanol–water partition coefficient (Wildman–Crippen LogP) is 3.33. The van der Waals surface area contributed by atoms with Gasteiger partial charge in [-0.25, -0.2) is 13.2 Å². The second-order valence-corrected chi connectivity index (χ2v) is 4.03. The van der Waals surface area contributed by atoms with Gasteiger partial charge in [0.05, 0.1) is 12.5 Å². The van der Waals surface area contributed by atoms with Crippen molar-refractivity contribution in [1.82, 2.24) is 0 Å². The van der Waals surface area contributed by atoms with E-state index in [9.17, 15) is 13.2 Å². The highest BCUT2D eigenvalue weighted by Gasteiger charge is 2.14. The molecule has 0 amide bonds. The highest BCUT2D eigenvalue weighted by Crippen LogP contribution is 2.26.